The van der Waals surface area contributed by atoms with Crippen LogP contribution in [0.15, 0.2) is 18.2 Å². The van der Waals surface area contributed by atoms with Crippen LogP contribution in [0.4, 0.5) is 16.2 Å². The molecule has 0 atom stereocenters. The van der Waals surface area contributed by atoms with E-state index in [9.17, 15) is 19.7 Å². The molecule has 1 aliphatic rings. The van der Waals surface area contributed by atoms with Crippen LogP contribution in [0.2, 0.25) is 0 Å². The van der Waals surface area contributed by atoms with E-state index in [0.29, 0.717) is 17.7 Å². The minimum atomic E-state index is -0.563. The van der Waals surface area contributed by atoms with Crippen molar-refractivity contribution in [2.75, 3.05) is 11.2 Å². The lowest BCUT2D eigenvalue weighted by molar-refractivity contribution is -0.384. The minimum absolute atomic E-state index is 0.0807. The quantitative estimate of drug-likeness (QED) is 0.490. The highest BCUT2D eigenvalue weighted by Gasteiger charge is 2.27. The Labute approximate surface area is 118 Å². The van der Waals surface area contributed by atoms with Gasteiger partial charge in [0.15, 0.2) is 0 Å². The fourth-order valence-corrected chi connectivity index (χ4v) is 2.61. The molecule has 1 aliphatic heterocycles. The van der Waals surface area contributed by atoms with E-state index >= 15 is 0 Å². The number of carbonyl (C=O) groups is 2. The van der Waals surface area contributed by atoms with E-state index < -0.39 is 4.92 Å². The van der Waals surface area contributed by atoms with Crippen LogP contribution in [0, 0.1) is 10.1 Å². The Hall–Kier alpha value is -2.13. The number of nitro benzene ring substituents is 1. The van der Waals surface area contributed by atoms with Crippen molar-refractivity contribution in [2.24, 2.45) is 5.84 Å². The number of nitrogens with two attached hydrogens (primary N) is 1. The van der Waals surface area contributed by atoms with Crippen LogP contribution in [0.5, 0.6) is 0 Å². The average Bonchev–Trinajstić information content (AvgIpc) is 2.42. The van der Waals surface area contributed by atoms with Gasteiger partial charge in [-0.1, -0.05) is 17.8 Å². The molecule has 8 nitrogen and oxygen atoms in total. The number of nitrogen functional groups attached to an aromatic ring is 1. The summed E-state index contributed by atoms with van der Waals surface area (Å²) in [6.45, 7) is 0.0807. The van der Waals surface area contributed by atoms with Gasteiger partial charge in [-0.15, -0.1) is 0 Å². The topological polar surface area (TPSA) is 119 Å². The van der Waals surface area contributed by atoms with Crippen LogP contribution >= 0.6 is 11.8 Å². The lowest BCUT2D eigenvalue weighted by Crippen LogP contribution is -2.37. The molecule has 9 heteroatoms. The second-order valence-corrected chi connectivity index (χ2v) is 5.14. The first-order valence-corrected chi connectivity index (χ1v) is 6.72. The summed E-state index contributed by atoms with van der Waals surface area (Å²) in [5.74, 6) is 5.49. The molecule has 2 amide bonds. The largest absolute Gasteiger partial charge is 0.318 e. The molecular formula is C11H12N4O4S. The number of amides is 2. The summed E-state index contributed by atoms with van der Waals surface area (Å²) in [7, 11) is 0. The van der Waals surface area contributed by atoms with Gasteiger partial charge in [0.05, 0.1) is 11.5 Å². The van der Waals surface area contributed by atoms with Gasteiger partial charge in [-0.3, -0.25) is 30.4 Å². The third kappa shape index (κ3) is 2.89. The van der Waals surface area contributed by atoms with E-state index in [1.54, 1.807) is 0 Å². The average molecular weight is 296 g/mol. The summed E-state index contributed by atoms with van der Waals surface area (Å²) < 4.78 is 0. The highest BCUT2D eigenvalue weighted by atomic mass is 32.2. The Kier molecular flexibility index (Phi) is 4.20. The van der Waals surface area contributed by atoms with Crippen molar-refractivity contribution in [2.45, 2.75) is 13.0 Å². The van der Waals surface area contributed by atoms with Crippen LogP contribution in [0.3, 0.4) is 0 Å². The highest BCUT2D eigenvalue weighted by molar-refractivity contribution is 8.13. The van der Waals surface area contributed by atoms with Crippen molar-refractivity contribution in [3.8, 4) is 0 Å². The first-order valence-electron chi connectivity index (χ1n) is 5.74. The molecule has 1 heterocycles. The number of thioether (sulfide) groups is 1. The molecule has 1 aromatic carbocycles. The second kappa shape index (κ2) is 5.88. The van der Waals surface area contributed by atoms with Gasteiger partial charge in [0.25, 0.3) is 10.9 Å². The summed E-state index contributed by atoms with van der Waals surface area (Å²) >= 11 is 1.08. The SMILES string of the molecule is NNc1cc(CN2C(=O)CCSC2=O)ccc1[N+](=O)[O-]. The molecule has 2 rings (SSSR count). The summed E-state index contributed by atoms with van der Waals surface area (Å²) in [6.07, 6.45) is 0.311. The molecule has 1 aromatic rings. The van der Waals surface area contributed by atoms with Gasteiger partial charge in [0, 0.05) is 18.2 Å². The van der Waals surface area contributed by atoms with Crippen molar-refractivity contribution in [3.63, 3.8) is 0 Å². The van der Waals surface area contributed by atoms with Crippen LogP contribution in [0.1, 0.15) is 12.0 Å². The fraction of sp³-hybridized carbons (Fsp3) is 0.273. The van der Waals surface area contributed by atoms with Crippen LogP contribution in [0.25, 0.3) is 0 Å². The first-order chi connectivity index (χ1) is 9.52. The molecule has 0 aromatic heterocycles. The molecule has 0 unspecified atom stereocenters. The van der Waals surface area contributed by atoms with Crippen LogP contribution in [-0.4, -0.2) is 26.7 Å². The van der Waals surface area contributed by atoms with Gasteiger partial charge in [-0.2, -0.15) is 0 Å². The number of hydrogen-bond donors (Lipinski definition) is 2. The Morgan fingerprint density at radius 2 is 2.20 bits per heavy atom. The number of nitrogens with zero attached hydrogens (tertiary/aromatic N) is 2. The van der Waals surface area contributed by atoms with E-state index in [4.69, 9.17) is 5.84 Å². The second-order valence-electron chi connectivity index (χ2n) is 4.10. The zero-order valence-electron chi connectivity index (χ0n) is 10.4. The number of imide groups is 1. The lowest BCUT2D eigenvalue weighted by atomic mass is 10.1. The van der Waals surface area contributed by atoms with Crippen molar-refractivity contribution in [1.29, 1.82) is 0 Å². The normalized spacial score (nSPS) is 15.3. The minimum Gasteiger partial charge on any atom is -0.318 e. The van der Waals surface area contributed by atoms with E-state index in [1.807, 2.05) is 0 Å². The Bertz CT molecular complexity index is 562. The molecule has 0 spiro atoms. The third-order valence-corrected chi connectivity index (χ3v) is 3.69. The van der Waals surface area contributed by atoms with E-state index in [-0.39, 0.29) is 29.1 Å². The van der Waals surface area contributed by atoms with Gasteiger partial charge in [0.1, 0.15) is 5.69 Å². The fourth-order valence-electron chi connectivity index (χ4n) is 1.83. The van der Waals surface area contributed by atoms with Crippen LogP contribution in [-0.2, 0) is 11.3 Å². The molecule has 20 heavy (non-hydrogen) atoms. The predicted molar refractivity (Wildman–Crippen MR) is 73.9 cm³/mol. The van der Waals surface area contributed by atoms with E-state index in [1.165, 1.54) is 18.2 Å². The summed E-state index contributed by atoms with van der Waals surface area (Å²) in [5, 5.41) is 10.5. The number of nitro groups is 1. The number of benzene rings is 1. The van der Waals surface area contributed by atoms with Crippen molar-refractivity contribution < 1.29 is 14.5 Å². The van der Waals surface area contributed by atoms with Crippen LogP contribution < -0.4 is 11.3 Å². The Morgan fingerprint density at radius 3 is 2.80 bits per heavy atom. The first kappa shape index (κ1) is 14.3. The summed E-state index contributed by atoms with van der Waals surface area (Å²) in [4.78, 5) is 34.7. The van der Waals surface area contributed by atoms with Gasteiger partial charge >= 0.3 is 0 Å². The van der Waals surface area contributed by atoms with E-state index in [0.717, 1.165) is 16.7 Å². The summed E-state index contributed by atoms with van der Waals surface area (Å²) in [6, 6.07) is 4.24. The molecule has 0 bridgehead atoms. The Morgan fingerprint density at radius 1 is 1.45 bits per heavy atom. The molecule has 0 radical (unpaired) electrons. The zero-order valence-corrected chi connectivity index (χ0v) is 11.2. The van der Waals surface area contributed by atoms with E-state index in [2.05, 4.69) is 5.43 Å². The van der Waals surface area contributed by atoms with Crippen molar-refractivity contribution in [3.05, 3.63) is 33.9 Å². The lowest BCUT2D eigenvalue weighted by Gasteiger charge is -2.24. The van der Waals surface area contributed by atoms with Gasteiger partial charge < -0.3 is 5.43 Å². The van der Waals surface area contributed by atoms with Crippen molar-refractivity contribution >= 4 is 34.3 Å². The zero-order chi connectivity index (χ0) is 14.7. The number of hydrazine groups is 1. The monoisotopic (exact) mass is 296 g/mol. The summed E-state index contributed by atoms with van der Waals surface area (Å²) in [5.41, 5.74) is 2.80. The highest BCUT2D eigenvalue weighted by Crippen LogP contribution is 2.27. The van der Waals surface area contributed by atoms with Gasteiger partial charge in [-0.25, -0.2) is 0 Å². The maximum atomic E-state index is 11.7. The number of carbonyl (C=O) groups excluding carboxylic acids is 2. The predicted octanol–water partition coefficient (Wildman–Crippen LogP) is 1.47. The standard InChI is InChI=1S/C11H12N4O4S/c12-13-8-5-7(1-2-9(8)15(18)19)6-14-10(16)3-4-20-11(14)17/h1-2,5,13H,3-4,6,12H2. The maximum absolute atomic E-state index is 11.7. The number of nitrogens with one attached hydrogen (secondary N) is 1. The molecule has 3 N–H and O–H groups in total. The number of rotatable bonds is 4. The number of hydrogen-bond acceptors (Lipinski definition) is 7. The van der Waals surface area contributed by atoms with Gasteiger partial charge in [-0.05, 0) is 11.6 Å². The molecule has 1 fully saturated rings. The van der Waals surface area contributed by atoms with Crippen molar-refractivity contribution in [1.82, 2.24) is 4.90 Å². The number of anilines is 1. The third-order valence-electron chi connectivity index (χ3n) is 2.82. The molecular weight excluding hydrogens is 284 g/mol. The Balaban J connectivity index is 2.23. The molecule has 106 valence electrons. The maximum Gasteiger partial charge on any atom is 0.293 e. The smallest absolute Gasteiger partial charge is 0.293 e. The molecule has 1 saturated heterocycles. The van der Waals surface area contributed by atoms with Gasteiger partial charge in [0.2, 0.25) is 5.91 Å². The molecule has 0 aliphatic carbocycles. The molecule has 0 saturated carbocycles.